The predicted molar refractivity (Wildman–Crippen MR) is 104 cm³/mol. The maximum atomic E-state index is 12.4. The van der Waals surface area contributed by atoms with Crippen molar-refractivity contribution in [2.75, 3.05) is 26.2 Å². The molecule has 0 aliphatic carbocycles. The number of Topliss-reactive ketones (excluding diaryl/α,β-unsaturated/α-hetero) is 1. The highest BCUT2D eigenvalue weighted by Crippen LogP contribution is 2.17. The molecular formula is C19H27N3O5S. The third kappa shape index (κ3) is 5.87. The van der Waals surface area contributed by atoms with E-state index in [0.717, 1.165) is 12.8 Å². The quantitative estimate of drug-likeness (QED) is 0.620. The van der Waals surface area contributed by atoms with Crippen LogP contribution in [0.1, 0.15) is 43.5 Å². The minimum Gasteiger partial charge on any atom is -0.356 e. The van der Waals surface area contributed by atoms with Crippen molar-refractivity contribution in [3.63, 3.8) is 0 Å². The normalized spacial score (nSPS) is 17.2. The summed E-state index contributed by atoms with van der Waals surface area (Å²) in [6.07, 6.45) is 1.52. The largest absolute Gasteiger partial charge is 0.356 e. The first-order valence-corrected chi connectivity index (χ1v) is 10.9. The zero-order valence-electron chi connectivity index (χ0n) is 16.2. The lowest BCUT2D eigenvalue weighted by atomic mass is 9.97. The van der Waals surface area contributed by atoms with E-state index < -0.39 is 10.0 Å². The van der Waals surface area contributed by atoms with E-state index in [9.17, 15) is 22.8 Å². The molecule has 154 valence electrons. The third-order valence-electron chi connectivity index (χ3n) is 4.70. The topological polar surface area (TPSA) is 113 Å². The van der Waals surface area contributed by atoms with Gasteiger partial charge >= 0.3 is 0 Å². The Bertz CT molecular complexity index is 820. The number of ketones is 1. The molecule has 2 amide bonds. The predicted octanol–water partition coefficient (Wildman–Crippen LogP) is 0.932. The van der Waals surface area contributed by atoms with Gasteiger partial charge in [-0.05, 0) is 38.8 Å². The van der Waals surface area contributed by atoms with Crippen LogP contribution in [0.25, 0.3) is 0 Å². The standard InChI is InChI=1S/C19H27N3O5S/c1-3-20-19(25)16-5-4-12-22(13-16)18(24)10-11-21-28(26,27)17-8-6-15(7-9-17)14(2)23/h6-9,16,21H,3-5,10-13H2,1-2H3,(H,20,25). The summed E-state index contributed by atoms with van der Waals surface area (Å²) in [7, 11) is -3.76. The highest BCUT2D eigenvalue weighted by molar-refractivity contribution is 7.89. The maximum absolute atomic E-state index is 12.4. The Morgan fingerprint density at radius 3 is 2.46 bits per heavy atom. The fourth-order valence-electron chi connectivity index (χ4n) is 3.14. The summed E-state index contributed by atoms with van der Waals surface area (Å²) in [6.45, 7) is 4.72. The number of piperidine rings is 1. The van der Waals surface area contributed by atoms with Crippen molar-refractivity contribution in [1.82, 2.24) is 14.9 Å². The number of hydrogen-bond acceptors (Lipinski definition) is 5. The zero-order chi connectivity index (χ0) is 20.7. The molecule has 1 atom stereocenters. The molecule has 0 spiro atoms. The summed E-state index contributed by atoms with van der Waals surface area (Å²) >= 11 is 0. The molecule has 8 nitrogen and oxygen atoms in total. The molecule has 1 fully saturated rings. The van der Waals surface area contributed by atoms with Gasteiger partial charge in [-0.15, -0.1) is 0 Å². The van der Waals surface area contributed by atoms with E-state index in [2.05, 4.69) is 10.0 Å². The van der Waals surface area contributed by atoms with Crippen molar-refractivity contribution in [3.8, 4) is 0 Å². The second-order valence-corrected chi connectivity index (χ2v) is 8.57. The van der Waals surface area contributed by atoms with Gasteiger partial charge in [0.1, 0.15) is 0 Å². The summed E-state index contributed by atoms with van der Waals surface area (Å²) < 4.78 is 27.0. The van der Waals surface area contributed by atoms with Crippen LogP contribution in [-0.4, -0.2) is 57.1 Å². The first-order chi connectivity index (χ1) is 13.2. The highest BCUT2D eigenvalue weighted by Gasteiger charge is 2.28. The van der Waals surface area contributed by atoms with Crippen molar-refractivity contribution >= 4 is 27.6 Å². The molecule has 0 radical (unpaired) electrons. The van der Waals surface area contributed by atoms with Crippen LogP contribution in [0.4, 0.5) is 0 Å². The van der Waals surface area contributed by atoms with Crippen molar-refractivity contribution in [3.05, 3.63) is 29.8 Å². The second-order valence-electron chi connectivity index (χ2n) is 6.80. The number of benzene rings is 1. The van der Waals surface area contributed by atoms with Crippen LogP contribution in [0.5, 0.6) is 0 Å². The molecule has 1 unspecified atom stereocenters. The lowest BCUT2D eigenvalue weighted by molar-refractivity contribution is -0.135. The molecule has 28 heavy (non-hydrogen) atoms. The van der Waals surface area contributed by atoms with Gasteiger partial charge < -0.3 is 10.2 Å². The van der Waals surface area contributed by atoms with Gasteiger partial charge in [0.2, 0.25) is 21.8 Å². The fourth-order valence-corrected chi connectivity index (χ4v) is 4.17. The minimum absolute atomic E-state index is 0.0207. The summed E-state index contributed by atoms with van der Waals surface area (Å²) in [5, 5.41) is 2.78. The number of rotatable bonds is 8. The molecule has 0 saturated carbocycles. The molecule has 1 aromatic rings. The maximum Gasteiger partial charge on any atom is 0.240 e. The first-order valence-electron chi connectivity index (χ1n) is 9.40. The van der Waals surface area contributed by atoms with Gasteiger partial charge in [-0.2, -0.15) is 0 Å². The fraction of sp³-hybridized carbons (Fsp3) is 0.526. The molecule has 0 bridgehead atoms. The molecule has 0 aromatic heterocycles. The molecule has 1 heterocycles. The van der Waals surface area contributed by atoms with E-state index in [-0.39, 0.29) is 41.4 Å². The van der Waals surface area contributed by atoms with Gasteiger partial charge in [-0.1, -0.05) is 12.1 Å². The Morgan fingerprint density at radius 2 is 1.86 bits per heavy atom. The molecular weight excluding hydrogens is 382 g/mol. The highest BCUT2D eigenvalue weighted by atomic mass is 32.2. The first kappa shape index (κ1) is 22.0. The van der Waals surface area contributed by atoms with E-state index in [1.807, 2.05) is 6.92 Å². The van der Waals surface area contributed by atoms with Crippen LogP contribution in [0.2, 0.25) is 0 Å². The molecule has 2 N–H and O–H groups in total. The number of nitrogens with zero attached hydrogens (tertiary/aromatic N) is 1. The Hall–Kier alpha value is -2.26. The van der Waals surface area contributed by atoms with Gasteiger partial charge in [-0.3, -0.25) is 14.4 Å². The number of likely N-dealkylation sites (tertiary alicyclic amines) is 1. The number of nitrogens with one attached hydrogen (secondary N) is 2. The van der Waals surface area contributed by atoms with E-state index in [4.69, 9.17) is 0 Å². The molecule has 1 aromatic carbocycles. The summed E-state index contributed by atoms with van der Waals surface area (Å²) in [5.41, 5.74) is 0.431. The van der Waals surface area contributed by atoms with Crippen molar-refractivity contribution in [2.24, 2.45) is 5.92 Å². The van der Waals surface area contributed by atoms with Crippen molar-refractivity contribution < 1.29 is 22.8 Å². The average molecular weight is 410 g/mol. The van der Waals surface area contributed by atoms with E-state index in [1.165, 1.54) is 31.2 Å². The molecule has 1 aliphatic heterocycles. The van der Waals surface area contributed by atoms with Gasteiger partial charge in [-0.25, -0.2) is 13.1 Å². The minimum atomic E-state index is -3.76. The van der Waals surface area contributed by atoms with Gasteiger partial charge in [0.05, 0.1) is 10.8 Å². The lowest BCUT2D eigenvalue weighted by Gasteiger charge is -2.32. The van der Waals surface area contributed by atoms with Crippen LogP contribution < -0.4 is 10.0 Å². The summed E-state index contributed by atoms with van der Waals surface area (Å²) in [5.74, 6) is -0.581. The number of carbonyl (C=O) groups excluding carboxylic acids is 3. The van der Waals surface area contributed by atoms with Crippen LogP contribution >= 0.6 is 0 Å². The van der Waals surface area contributed by atoms with Crippen LogP contribution in [0, 0.1) is 5.92 Å². The van der Waals surface area contributed by atoms with E-state index in [0.29, 0.717) is 25.2 Å². The Kier molecular flexibility index (Phi) is 7.70. The Balaban J connectivity index is 1.86. The molecule has 1 aliphatic rings. The van der Waals surface area contributed by atoms with E-state index in [1.54, 1.807) is 4.90 Å². The number of hydrogen-bond donors (Lipinski definition) is 2. The third-order valence-corrected chi connectivity index (χ3v) is 6.17. The molecule has 2 rings (SSSR count). The van der Waals surface area contributed by atoms with Crippen LogP contribution in [0.15, 0.2) is 29.2 Å². The van der Waals surface area contributed by atoms with E-state index >= 15 is 0 Å². The summed E-state index contributed by atoms with van der Waals surface area (Å²) in [4.78, 5) is 37.3. The monoisotopic (exact) mass is 409 g/mol. The van der Waals surface area contributed by atoms with Gasteiger partial charge in [0, 0.05) is 38.2 Å². The smallest absolute Gasteiger partial charge is 0.240 e. The Morgan fingerprint density at radius 1 is 1.18 bits per heavy atom. The van der Waals surface area contributed by atoms with Gasteiger partial charge in [0.25, 0.3) is 0 Å². The van der Waals surface area contributed by atoms with Crippen molar-refractivity contribution in [2.45, 2.75) is 38.0 Å². The van der Waals surface area contributed by atoms with Crippen LogP contribution in [-0.2, 0) is 19.6 Å². The Labute approximate surface area is 165 Å². The van der Waals surface area contributed by atoms with Crippen LogP contribution in [0.3, 0.4) is 0 Å². The number of amides is 2. The average Bonchev–Trinajstić information content (AvgIpc) is 2.68. The molecule has 1 saturated heterocycles. The van der Waals surface area contributed by atoms with Crippen molar-refractivity contribution in [1.29, 1.82) is 0 Å². The molecule has 9 heteroatoms. The van der Waals surface area contributed by atoms with Gasteiger partial charge in [0.15, 0.2) is 5.78 Å². The SMILES string of the molecule is CCNC(=O)C1CCCN(C(=O)CCNS(=O)(=O)c2ccc(C(C)=O)cc2)C1. The number of sulfonamides is 1. The second kappa shape index (κ2) is 9.79. The summed E-state index contributed by atoms with van der Waals surface area (Å²) in [6, 6.07) is 5.64. The zero-order valence-corrected chi connectivity index (χ0v) is 17.0. The lowest BCUT2D eigenvalue weighted by Crippen LogP contribution is -2.46. The number of carbonyl (C=O) groups is 3.